The molecule has 4 rings (SSSR count). The summed E-state index contributed by atoms with van der Waals surface area (Å²) in [6, 6.07) is 13.3. The topological polar surface area (TPSA) is 47.6 Å². The number of rotatable bonds is 0. The Kier molecular flexibility index (Phi) is 5.09. The molecule has 118 valence electrons. The molecule has 0 radical (unpaired) electrons. The van der Waals surface area contributed by atoms with Crippen LogP contribution in [-0.4, -0.2) is 0 Å². The van der Waals surface area contributed by atoms with Crippen LogP contribution in [-0.2, 0) is 12.8 Å². The van der Waals surface area contributed by atoms with Gasteiger partial charge in [0.05, 0.1) is 11.1 Å². The van der Waals surface area contributed by atoms with E-state index >= 15 is 0 Å². The van der Waals surface area contributed by atoms with Crippen LogP contribution in [0.15, 0.2) is 70.9 Å². The van der Waals surface area contributed by atoms with Gasteiger partial charge in [0.2, 0.25) is 0 Å². The summed E-state index contributed by atoms with van der Waals surface area (Å²) in [5.74, 6) is 0. The maximum Gasteiger partial charge on any atom is 0.101 e. The van der Waals surface area contributed by atoms with E-state index in [4.69, 9.17) is 0 Å². The predicted molar refractivity (Wildman–Crippen MR) is 95.9 cm³/mol. The lowest BCUT2D eigenvalue weighted by molar-refractivity contribution is 0.805. The summed E-state index contributed by atoms with van der Waals surface area (Å²) >= 11 is 0. The number of aryl methyl sites for hydroxylation is 2. The van der Waals surface area contributed by atoms with Crippen LogP contribution in [0.25, 0.3) is 0 Å². The number of allylic oxidation sites excluding steroid dienone is 8. The van der Waals surface area contributed by atoms with Gasteiger partial charge in [0.1, 0.15) is 12.1 Å². The molecule has 0 aromatic heterocycles. The molecule has 0 amide bonds. The molecular formula is C22H20N2. The molecule has 0 aliphatic heterocycles. The van der Waals surface area contributed by atoms with Gasteiger partial charge < -0.3 is 0 Å². The van der Waals surface area contributed by atoms with E-state index < -0.39 is 0 Å². The van der Waals surface area contributed by atoms with E-state index in [9.17, 15) is 10.5 Å². The smallest absolute Gasteiger partial charge is 0.101 e. The molecule has 0 saturated heterocycles. The van der Waals surface area contributed by atoms with Gasteiger partial charge in [-0.05, 0) is 66.9 Å². The highest BCUT2D eigenvalue weighted by Crippen LogP contribution is 2.25. The Hall–Kier alpha value is -2.84. The van der Waals surface area contributed by atoms with Crippen LogP contribution in [0.3, 0.4) is 0 Å². The third-order valence-electron chi connectivity index (χ3n) is 4.65. The molecule has 0 heterocycles. The Morgan fingerprint density at radius 2 is 1.38 bits per heavy atom. The molecule has 0 atom stereocenters. The normalized spacial score (nSPS) is 26.6. The molecule has 2 nitrogen and oxygen atoms in total. The third-order valence-corrected chi connectivity index (χ3v) is 4.65. The van der Waals surface area contributed by atoms with Crippen molar-refractivity contribution in [3.8, 4) is 12.1 Å². The molecule has 0 spiro atoms. The van der Waals surface area contributed by atoms with Gasteiger partial charge in [-0.3, -0.25) is 0 Å². The first-order chi connectivity index (χ1) is 11.8. The first kappa shape index (κ1) is 16.0. The van der Waals surface area contributed by atoms with Crippen LogP contribution < -0.4 is 0 Å². The summed E-state index contributed by atoms with van der Waals surface area (Å²) < 4.78 is 0. The van der Waals surface area contributed by atoms with Crippen molar-refractivity contribution in [3.05, 3.63) is 82.0 Å². The highest BCUT2D eigenvalue weighted by atomic mass is 14.3. The van der Waals surface area contributed by atoms with Crippen LogP contribution in [0, 0.1) is 22.7 Å². The number of nitrogens with zero attached hydrogens (tertiary/aromatic N) is 2. The fourth-order valence-corrected chi connectivity index (χ4v) is 3.25. The summed E-state index contributed by atoms with van der Waals surface area (Å²) in [6.07, 6.45) is 13.8. The van der Waals surface area contributed by atoms with E-state index in [1.54, 1.807) is 6.08 Å². The number of benzene rings is 1. The zero-order valence-corrected chi connectivity index (χ0v) is 13.8. The Morgan fingerprint density at radius 3 is 2.00 bits per heavy atom. The van der Waals surface area contributed by atoms with Gasteiger partial charge >= 0.3 is 0 Å². The average molecular weight is 312 g/mol. The van der Waals surface area contributed by atoms with E-state index in [0.717, 1.165) is 44.1 Å². The fraction of sp³-hybridized carbons (Fsp3) is 0.273. The number of nitriles is 2. The minimum atomic E-state index is 0.477. The van der Waals surface area contributed by atoms with Gasteiger partial charge in [-0.1, -0.05) is 42.5 Å². The van der Waals surface area contributed by atoms with Crippen molar-refractivity contribution >= 4 is 0 Å². The molecule has 1 aromatic rings. The second kappa shape index (κ2) is 7.62. The SMILES string of the molecule is N#CC1=C/C=C2\C=C/C(=C\1C#N)CCCc1ccc(cc1)CCC2. The minimum absolute atomic E-state index is 0.477. The van der Waals surface area contributed by atoms with Crippen molar-refractivity contribution in [3.63, 3.8) is 0 Å². The Labute approximate surface area is 143 Å². The molecule has 0 N–H and O–H groups in total. The molecule has 4 bridgehead atoms. The van der Waals surface area contributed by atoms with Crippen LogP contribution in [0.5, 0.6) is 0 Å². The first-order valence-corrected chi connectivity index (χ1v) is 8.50. The molecule has 24 heavy (non-hydrogen) atoms. The summed E-state index contributed by atoms with van der Waals surface area (Å²) in [6.45, 7) is 0. The van der Waals surface area contributed by atoms with Crippen molar-refractivity contribution in [2.75, 3.05) is 0 Å². The van der Waals surface area contributed by atoms with Crippen LogP contribution in [0.2, 0.25) is 0 Å². The van der Waals surface area contributed by atoms with Crippen LogP contribution >= 0.6 is 0 Å². The maximum atomic E-state index is 9.52. The largest absolute Gasteiger partial charge is 0.192 e. The zero-order valence-electron chi connectivity index (χ0n) is 13.8. The monoisotopic (exact) mass is 312 g/mol. The first-order valence-electron chi connectivity index (χ1n) is 8.50. The molecule has 2 heteroatoms. The molecule has 0 unspecified atom stereocenters. The maximum absolute atomic E-state index is 9.52. The van der Waals surface area contributed by atoms with Crippen molar-refractivity contribution in [2.45, 2.75) is 38.5 Å². The lowest BCUT2D eigenvalue weighted by Crippen LogP contribution is -1.97. The van der Waals surface area contributed by atoms with E-state index in [2.05, 4.69) is 42.5 Å². The third kappa shape index (κ3) is 3.73. The van der Waals surface area contributed by atoms with E-state index in [0.29, 0.717) is 11.1 Å². The van der Waals surface area contributed by atoms with Crippen molar-refractivity contribution < 1.29 is 0 Å². The van der Waals surface area contributed by atoms with Crippen molar-refractivity contribution in [1.82, 2.24) is 0 Å². The molecular weight excluding hydrogens is 292 g/mol. The van der Waals surface area contributed by atoms with Gasteiger partial charge in [-0.2, -0.15) is 10.5 Å². The molecule has 0 fully saturated rings. The number of hydrogen-bond donors (Lipinski definition) is 0. The molecule has 1 aromatic carbocycles. The average Bonchev–Trinajstić information content (AvgIpc) is 2.60. The van der Waals surface area contributed by atoms with Crippen LogP contribution in [0.4, 0.5) is 0 Å². The Bertz CT molecular complexity index is 818. The molecule has 0 saturated carbocycles. The van der Waals surface area contributed by atoms with Crippen molar-refractivity contribution in [2.24, 2.45) is 0 Å². The van der Waals surface area contributed by atoms with Gasteiger partial charge in [0, 0.05) is 0 Å². The van der Waals surface area contributed by atoms with Crippen LogP contribution in [0.1, 0.15) is 36.8 Å². The second-order valence-electron chi connectivity index (χ2n) is 6.30. The van der Waals surface area contributed by atoms with Gasteiger partial charge in [0.25, 0.3) is 0 Å². The van der Waals surface area contributed by atoms with Crippen molar-refractivity contribution in [1.29, 1.82) is 10.5 Å². The second-order valence-corrected chi connectivity index (χ2v) is 6.30. The Morgan fingerprint density at radius 1 is 0.708 bits per heavy atom. The summed E-state index contributed by atoms with van der Waals surface area (Å²) in [5.41, 5.74) is 5.90. The predicted octanol–water partition coefficient (Wildman–Crippen LogP) is 5.11. The van der Waals surface area contributed by atoms with Gasteiger partial charge in [-0.15, -0.1) is 0 Å². The number of fused-ring (bicyclic) bond motifs is 6. The summed E-state index contributed by atoms with van der Waals surface area (Å²) in [7, 11) is 0. The lowest BCUT2D eigenvalue weighted by atomic mass is 9.92. The summed E-state index contributed by atoms with van der Waals surface area (Å²) in [5, 5.41) is 18.9. The highest BCUT2D eigenvalue weighted by molar-refractivity contribution is 5.58. The zero-order chi connectivity index (χ0) is 16.8. The quantitative estimate of drug-likeness (QED) is 0.668. The fourth-order valence-electron chi connectivity index (χ4n) is 3.25. The molecule has 3 aliphatic rings. The van der Waals surface area contributed by atoms with Gasteiger partial charge in [-0.25, -0.2) is 0 Å². The van der Waals surface area contributed by atoms with Gasteiger partial charge in [0.15, 0.2) is 0 Å². The lowest BCUT2D eigenvalue weighted by Gasteiger charge is -2.12. The van der Waals surface area contributed by atoms with E-state index in [1.165, 1.54) is 16.7 Å². The summed E-state index contributed by atoms with van der Waals surface area (Å²) in [4.78, 5) is 0. The van der Waals surface area contributed by atoms with E-state index in [-0.39, 0.29) is 0 Å². The standard InChI is InChI=1S/C22H20N2/c23-15-21-14-12-19-4-1-3-17-7-9-18(10-8-17)5-2-6-20(13-11-19)22(21)16-24/h7-14H,1-6H2/b13-11-,14-12?,19-11?,19-12-,20-13?,21-14-,22-20-,22-21?. The molecule has 3 aliphatic carbocycles. The van der Waals surface area contributed by atoms with E-state index in [1.807, 2.05) is 12.2 Å². The highest BCUT2D eigenvalue weighted by Gasteiger charge is 2.12. The Balaban J connectivity index is 1.98. The number of hydrogen-bond acceptors (Lipinski definition) is 2. The minimum Gasteiger partial charge on any atom is -0.192 e.